The van der Waals surface area contributed by atoms with E-state index in [1.165, 1.54) is 5.56 Å². The standard InChI is InChI=1S/C22H23NO3/c1-5-25-20-12-21-18(11-17(20)15(3)10-22(24)23-4)19(13-26-21)16-8-6-14(2)7-9-16/h6-13H,5H2,1-4H3,(H,23,24)/b15-10+. The van der Waals surface area contributed by atoms with Crippen molar-refractivity contribution in [3.63, 3.8) is 0 Å². The molecule has 4 nitrogen and oxygen atoms in total. The average Bonchev–Trinajstić information content (AvgIpc) is 3.04. The van der Waals surface area contributed by atoms with Crippen molar-refractivity contribution >= 4 is 22.4 Å². The predicted octanol–water partition coefficient (Wildman–Crippen LogP) is 4.96. The molecular formula is C22H23NO3. The van der Waals surface area contributed by atoms with Gasteiger partial charge in [0, 0.05) is 35.7 Å². The Morgan fingerprint density at radius 3 is 2.62 bits per heavy atom. The molecule has 0 aliphatic heterocycles. The Morgan fingerprint density at radius 1 is 1.23 bits per heavy atom. The zero-order valence-corrected chi connectivity index (χ0v) is 15.6. The summed E-state index contributed by atoms with van der Waals surface area (Å²) in [6.45, 7) is 6.45. The van der Waals surface area contributed by atoms with Crippen LogP contribution in [-0.4, -0.2) is 19.6 Å². The third kappa shape index (κ3) is 3.49. The van der Waals surface area contributed by atoms with Crippen molar-refractivity contribution in [2.24, 2.45) is 0 Å². The fraction of sp³-hybridized carbons (Fsp3) is 0.227. The van der Waals surface area contributed by atoms with E-state index in [9.17, 15) is 4.79 Å². The van der Waals surface area contributed by atoms with Crippen molar-refractivity contribution in [2.75, 3.05) is 13.7 Å². The number of allylic oxidation sites excluding steroid dienone is 1. The van der Waals surface area contributed by atoms with Gasteiger partial charge < -0.3 is 14.5 Å². The summed E-state index contributed by atoms with van der Waals surface area (Å²) < 4.78 is 11.6. The van der Waals surface area contributed by atoms with E-state index >= 15 is 0 Å². The van der Waals surface area contributed by atoms with Gasteiger partial charge in [-0.2, -0.15) is 0 Å². The maximum absolute atomic E-state index is 11.8. The number of carbonyl (C=O) groups is 1. The van der Waals surface area contributed by atoms with Crippen molar-refractivity contribution in [3.8, 4) is 16.9 Å². The zero-order valence-electron chi connectivity index (χ0n) is 15.6. The lowest BCUT2D eigenvalue weighted by atomic mass is 9.99. The minimum absolute atomic E-state index is 0.143. The van der Waals surface area contributed by atoms with Crippen LogP contribution in [0.15, 0.2) is 53.2 Å². The Balaban J connectivity index is 2.17. The van der Waals surface area contributed by atoms with E-state index in [0.29, 0.717) is 12.4 Å². The lowest BCUT2D eigenvalue weighted by molar-refractivity contribution is -0.116. The largest absolute Gasteiger partial charge is 0.493 e. The molecule has 134 valence electrons. The van der Waals surface area contributed by atoms with E-state index in [1.54, 1.807) is 19.4 Å². The second-order valence-electron chi connectivity index (χ2n) is 6.23. The monoisotopic (exact) mass is 349 g/mol. The maximum atomic E-state index is 11.8. The molecule has 0 aliphatic carbocycles. The average molecular weight is 349 g/mol. The van der Waals surface area contributed by atoms with E-state index in [0.717, 1.165) is 33.2 Å². The molecule has 1 aromatic heterocycles. The Morgan fingerprint density at radius 2 is 1.96 bits per heavy atom. The fourth-order valence-corrected chi connectivity index (χ4v) is 2.94. The minimum atomic E-state index is -0.143. The molecule has 0 fully saturated rings. The quantitative estimate of drug-likeness (QED) is 0.663. The molecule has 1 amide bonds. The number of hydrogen-bond donors (Lipinski definition) is 1. The van der Waals surface area contributed by atoms with Gasteiger partial charge in [0.25, 0.3) is 0 Å². The molecule has 0 unspecified atom stereocenters. The smallest absolute Gasteiger partial charge is 0.244 e. The SMILES string of the molecule is CCOc1cc2occ(-c3ccc(C)cc3)c2cc1/C(C)=C/C(=O)NC. The van der Waals surface area contributed by atoms with Gasteiger partial charge in [-0.3, -0.25) is 4.79 Å². The van der Waals surface area contributed by atoms with Crippen molar-refractivity contribution < 1.29 is 13.9 Å². The predicted molar refractivity (Wildman–Crippen MR) is 105 cm³/mol. The summed E-state index contributed by atoms with van der Waals surface area (Å²) in [5, 5.41) is 3.61. The highest BCUT2D eigenvalue weighted by molar-refractivity contribution is 6.00. The number of furan rings is 1. The zero-order chi connectivity index (χ0) is 18.7. The summed E-state index contributed by atoms with van der Waals surface area (Å²) in [4.78, 5) is 11.8. The molecular weight excluding hydrogens is 326 g/mol. The van der Waals surface area contributed by atoms with Crippen molar-refractivity contribution in [3.05, 3.63) is 59.9 Å². The molecule has 26 heavy (non-hydrogen) atoms. The molecule has 4 heteroatoms. The molecule has 0 radical (unpaired) electrons. The number of hydrogen-bond acceptors (Lipinski definition) is 3. The van der Waals surface area contributed by atoms with Crippen LogP contribution in [-0.2, 0) is 4.79 Å². The first kappa shape index (κ1) is 17.8. The first-order valence-electron chi connectivity index (χ1n) is 8.69. The second kappa shape index (κ2) is 7.48. The number of fused-ring (bicyclic) bond motifs is 1. The first-order valence-corrected chi connectivity index (χ1v) is 8.69. The topological polar surface area (TPSA) is 51.5 Å². The van der Waals surface area contributed by atoms with E-state index in [1.807, 2.05) is 26.0 Å². The lowest BCUT2D eigenvalue weighted by Crippen LogP contribution is -2.14. The molecule has 2 aromatic carbocycles. The van der Waals surface area contributed by atoms with Crippen molar-refractivity contribution in [1.82, 2.24) is 5.32 Å². The van der Waals surface area contributed by atoms with Crippen LogP contribution in [0.1, 0.15) is 25.0 Å². The van der Waals surface area contributed by atoms with Gasteiger partial charge in [0.15, 0.2) is 0 Å². The van der Waals surface area contributed by atoms with Crippen LogP contribution < -0.4 is 10.1 Å². The van der Waals surface area contributed by atoms with Crippen LogP contribution in [0.2, 0.25) is 0 Å². The van der Waals surface area contributed by atoms with E-state index < -0.39 is 0 Å². The summed E-state index contributed by atoms with van der Waals surface area (Å²) in [6, 6.07) is 12.3. The second-order valence-corrected chi connectivity index (χ2v) is 6.23. The normalized spacial score (nSPS) is 11.6. The Bertz CT molecular complexity index is 965. The van der Waals surface area contributed by atoms with Crippen molar-refractivity contribution in [2.45, 2.75) is 20.8 Å². The van der Waals surface area contributed by atoms with E-state index in [2.05, 4.69) is 36.5 Å². The Hall–Kier alpha value is -3.01. The summed E-state index contributed by atoms with van der Waals surface area (Å²) in [7, 11) is 1.62. The molecule has 0 bridgehead atoms. The van der Waals surface area contributed by atoms with Gasteiger partial charge in [-0.1, -0.05) is 29.8 Å². The molecule has 0 spiro atoms. The maximum Gasteiger partial charge on any atom is 0.244 e. The van der Waals surface area contributed by atoms with Gasteiger partial charge in [0.05, 0.1) is 12.9 Å². The first-order chi connectivity index (χ1) is 12.5. The number of aryl methyl sites for hydroxylation is 1. The fourth-order valence-electron chi connectivity index (χ4n) is 2.94. The summed E-state index contributed by atoms with van der Waals surface area (Å²) in [5.41, 5.74) is 5.82. The van der Waals surface area contributed by atoms with E-state index in [-0.39, 0.29) is 5.91 Å². The number of amides is 1. The van der Waals surface area contributed by atoms with Crippen LogP contribution in [0.25, 0.3) is 27.7 Å². The third-order valence-corrected chi connectivity index (χ3v) is 4.36. The molecule has 0 aliphatic rings. The lowest BCUT2D eigenvalue weighted by Gasteiger charge is -2.11. The highest BCUT2D eigenvalue weighted by atomic mass is 16.5. The van der Waals surface area contributed by atoms with Gasteiger partial charge in [-0.05, 0) is 38.0 Å². The number of carbonyl (C=O) groups excluding carboxylic acids is 1. The van der Waals surface area contributed by atoms with Gasteiger partial charge in [-0.15, -0.1) is 0 Å². The highest BCUT2D eigenvalue weighted by Gasteiger charge is 2.15. The summed E-state index contributed by atoms with van der Waals surface area (Å²) in [6.07, 6.45) is 3.35. The van der Waals surface area contributed by atoms with Crippen LogP contribution in [0.4, 0.5) is 0 Å². The minimum Gasteiger partial charge on any atom is -0.493 e. The number of benzene rings is 2. The number of likely N-dealkylation sites (N-methyl/N-ethyl adjacent to an activating group) is 1. The number of ether oxygens (including phenoxy) is 1. The van der Waals surface area contributed by atoms with Crippen molar-refractivity contribution in [1.29, 1.82) is 0 Å². The van der Waals surface area contributed by atoms with E-state index in [4.69, 9.17) is 9.15 Å². The highest BCUT2D eigenvalue weighted by Crippen LogP contribution is 2.37. The van der Waals surface area contributed by atoms with Gasteiger partial charge >= 0.3 is 0 Å². The molecule has 0 atom stereocenters. The molecule has 1 heterocycles. The molecule has 3 rings (SSSR count). The van der Waals surface area contributed by atoms with Crippen LogP contribution >= 0.6 is 0 Å². The van der Waals surface area contributed by atoms with Crippen LogP contribution in [0, 0.1) is 6.92 Å². The van der Waals surface area contributed by atoms with Gasteiger partial charge in [0.2, 0.25) is 5.91 Å². The number of nitrogens with one attached hydrogen (secondary N) is 1. The summed E-state index contributed by atoms with van der Waals surface area (Å²) in [5.74, 6) is 0.568. The molecule has 1 N–H and O–H groups in total. The Labute approximate surface area is 153 Å². The summed E-state index contributed by atoms with van der Waals surface area (Å²) >= 11 is 0. The molecule has 3 aromatic rings. The molecule has 0 saturated carbocycles. The number of rotatable bonds is 5. The van der Waals surface area contributed by atoms with Crippen LogP contribution in [0.3, 0.4) is 0 Å². The van der Waals surface area contributed by atoms with Gasteiger partial charge in [0.1, 0.15) is 11.3 Å². The Kier molecular flexibility index (Phi) is 5.12. The van der Waals surface area contributed by atoms with Gasteiger partial charge in [-0.25, -0.2) is 0 Å². The van der Waals surface area contributed by atoms with Crippen LogP contribution in [0.5, 0.6) is 5.75 Å². The third-order valence-electron chi connectivity index (χ3n) is 4.36. The molecule has 0 saturated heterocycles.